The number of hydrogen-bond acceptors (Lipinski definition) is 1. The van der Waals surface area contributed by atoms with Gasteiger partial charge in [-0.15, -0.1) is 0 Å². The van der Waals surface area contributed by atoms with Gasteiger partial charge in [-0.25, -0.2) is 0 Å². The van der Waals surface area contributed by atoms with Crippen LogP contribution in [0.2, 0.25) is 0 Å². The zero-order valence-electron chi connectivity index (χ0n) is 8.97. The van der Waals surface area contributed by atoms with E-state index in [0.29, 0.717) is 11.8 Å². The van der Waals surface area contributed by atoms with E-state index in [1.165, 1.54) is 24.8 Å². The lowest BCUT2D eigenvalue weighted by Gasteiger charge is -2.09. The van der Waals surface area contributed by atoms with Gasteiger partial charge in [0.1, 0.15) is 0 Å². The molecular formula is C14H18O. The molecule has 2 aliphatic rings. The fourth-order valence-electron chi connectivity index (χ4n) is 2.59. The first-order chi connectivity index (χ1) is 7.34. The molecule has 0 aliphatic heterocycles. The topological polar surface area (TPSA) is 20.2 Å². The monoisotopic (exact) mass is 202 g/mol. The van der Waals surface area contributed by atoms with Crippen LogP contribution < -0.4 is 0 Å². The standard InChI is InChI=1S/C14H18O/c15-14(8-10-6-7-10)13-9-12(13)11-4-2-1-3-5-11/h1-5,10,12-15H,6-9H2. The second kappa shape index (κ2) is 3.64. The van der Waals surface area contributed by atoms with Crippen LogP contribution in [0.5, 0.6) is 0 Å². The van der Waals surface area contributed by atoms with Crippen LogP contribution in [0.25, 0.3) is 0 Å². The third kappa shape index (κ3) is 2.07. The molecule has 0 spiro atoms. The molecule has 80 valence electrons. The molecule has 2 saturated carbocycles. The highest BCUT2D eigenvalue weighted by Gasteiger charge is 2.44. The van der Waals surface area contributed by atoms with Gasteiger partial charge in [-0.1, -0.05) is 43.2 Å². The summed E-state index contributed by atoms with van der Waals surface area (Å²) in [6.45, 7) is 0. The van der Waals surface area contributed by atoms with Crippen molar-refractivity contribution in [1.82, 2.24) is 0 Å². The van der Waals surface area contributed by atoms with E-state index in [9.17, 15) is 5.11 Å². The molecule has 1 N–H and O–H groups in total. The number of aliphatic hydroxyl groups is 1. The quantitative estimate of drug-likeness (QED) is 0.796. The van der Waals surface area contributed by atoms with Crippen molar-refractivity contribution >= 4 is 0 Å². The fraction of sp³-hybridized carbons (Fsp3) is 0.571. The molecule has 1 heteroatoms. The van der Waals surface area contributed by atoms with Crippen LogP contribution in [0, 0.1) is 11.8 Å². The highest BCUT2D eigenvalue weighted by atomic mass is 16.3. The maximum Gasteiger partial charge on any atom is 0.0577 e. The zero-order chi connectivity index (χ0) is 10.3. The maximum absolute atomic E-state index is 10.0. The molecule has 3 rings (SSSR count). The molecule has 1 nitrogen and oxygen atoms in total. The van der Waals surface area contributed by atoms with Crippen LogP contribution in [0.3, 0.4) is 0 Å². The van der Waals surface area contributed by atoms with Gasteiger partial charge < -0.3 is 5.11 Å². The molecule has 2 fully saturated rings. The SMILES string of the molecule is OC(CC1CC1)C1CC1c1ccccc1. The minimum atomic E-state index is -0.0392. The minimum absolute atomic E-state index is 0.0392. The van der Waals surface area contributed by atoms with Crippen molar-refractivity contribution in [3.63, 3.8) is 0 Å². The molecule has 15 heavy (non-hydrogen) atoms. The van der Waals surface area contributed by atoms with Crippen molar-refractivity contribution in [3.8, 4) is 0 Å². The summed E-state index contributed by atoms with van der Waals surface area (Å²) in [5.74, 6) is 2.03. The van der Waals surface area contributed by atoms with Crippen LogP contribution in [0.15, 0.2) is 30.3 Å². The first kappa shape index (κ1) is 9.41. The summed E-state index contributed by atoms with van der Waals surface area (Å²) in [5.41, 5.74) is 1.41. The minimum Gasteiger partial charge on any atom is -0.393 e. The van der Waals surface area contributed by atoms with Gasteiger partial charge in [0.05, 0.1) is 6.10 Å². The molecule has 1 aromatic rings. The molecule has 3 atom stereocenters. The third-order valence-electron chi connectivity index (χ3n) is 3.83. The Balaban J connectivity index is 1.58. The van der Waals surface area contributed by atoms with Crippen LogP contribution in [0.4, 0.5) is 0 Å². The van der Waals surface area contributed by atoms with Crippen molar-refractivity contribution in [3.05, 3.63) is 35.9 Å². The Morgan fingerprint density at radius 3 is 2.60 bits per heavy atom. The predicted octanol–water partition coefficient (Wildman–Crippen LogP) is 2.95. The van der Waals surface area contributed by atoms with Gasteiger partial charge in [-0.2, -0.15) is 0 Å². The smallest absolute Gasteiger partial charge is 0.0577 e. The van der Waals surface area contributed by atoms with E-state index in [1.54, 1.807) is 0 Å². The Morgan fingerprint density at radius 2 is 1.93 bits per heavy atom. The van der Waals surface area contributed by atoms with Gasteiger partial charge in [0.15, 0.2) is 0 Å². The molecule has 0 radical (unpaired) electrons. The largest absolute Gasteiger partial charge is 0.393 e. The normalized spacial score (nSPS) is 31.3. The van der Waals surface area contributed by atoms with Crippen molar-refractivity contribution in [1.29, 1.82) is 0 Å². The molecule has 2 aliphatic carbocycles. The van der Waals surface area contributed by atoms with Crippen molar-refractivity contribution in [2.45, 2.75) is 37.7 Å². The van der Waals surface area contributed by atoms with Crippen LogP contribution >= 0.6 is 0 Å². The van der Waals surface area contributed by atoms with E-state index < -0.39 is 0 Å². The highest BCUT2D eigenvalue weighted by molar-refractivity contribution is 5.26. The summed E-state index contributed by atoms with van der Waals surface area (Å²) in [6, 6.07) is 10.6. The molecule has 0 aromatic heterocycles. The Kier molecular flexibility index (Phi) is 2.28. The van der Waals surface area contributed by atoms with Crippen LogP contribution in [-0.4, -0.2) is 11.2 Å². The van der Waals surface area contributed by atoms with E-state index in [4.69, 9.17) is 0 Å². The van der Waals surface area contributed by atoms with E-state index in [2.05, 4.69) is 30.3 Å². The summed E-state index contributed by atoms with van der Waals surface area (Å²) in [4.78, 5) is 0. The van der Waals surface area contributed by atoms with E-state index in [-0.39, 0.29) is 6.10 Å². The van der Waals surface area contributed by atoms with Gasteiger partial charge >= 0.3 is 0 Å². The molecular weight excluding hydrogens is 184 g/mol. The summed E-state index contributed by atoms with van der Waals surface area (Å²) in [6.07, 6.45) is 4.90. The van der Waals surface area contributed by atoms with Gasteiger partial charge in [0.25, 0.3) is 0 Å². The number of benzene rings is 1. The van der Waals surface area contributed by atoms with E-state index in [1.807, 2.05) is 0 Å². The lowest BCUT2D eigenvalue weighted by molar-refractivity contribution is 0.132. The second-order valence-electron chi connectivity index (χ2n) is 5.16. The van der Waals surface area contributed by atoms with Crippen molar-refractivity contribution in [2.24, 2.45) is 11.8 Å². The molecule has 1 aromatic carbocycles. The first-order valence-corrected chi connectivity index (χ1v) is 6.07. The molecule has 0 bridgehead atoms. The average Bonchev–Trinajstić information content (AvgIpc) is 3.13. The van der Waals surface area contributed by atoms with Gasteiger partial charge in [0, 0.05) is 0 Å². The Bertz CT molecular complexity index is 328. The third-order valence-corrected chi connectivity index (χ3v) is 3.83. The molecule has 0 saturated heterocycles. The number of aliphatic hydroxyl groups excluding tert-OH is 1. The predicted molar refractivity (Wildman–Crippen MR) is 60.6 cm³/mol. The second-order valence-corrected chi connectivity index (χ2v) is 5.16. The Hall–Kier alpha value is -0.820. The van der Waals surface area contributed by atoms with E-state index >= 15 is 0 Å². The summed E-state index contributed by atoms with van der Waals surface area (Å²) < 4.78 is 0. The first-order valence-electron chi connectivity index (χ1n) is 6.07. The zero-order valence-corrected chi connectivity index (χ0v) is 8.97. The van der Waals surface area contributed by atoms with Crippen LogP contribution in [-0.2, 0) is 0 Å². The van der Waals surface area contributed by atoms with Crippen LogP contribution in [0.1, 0.15) is 37.2 Å². The van der Waals surface area contributed by atoms with Gasteiger partial charge in [0.2, 0.25) is 0 Å². The molecule has 0 heterocycles. The Labute approximate surface area is 91.1 Å². The average molecular weight is 202 g/mol. The number of hydrogen-bond donors (Lipinski definition) is 1. The summed E-state index contributed by atoms with van der Waals surface area (Å²) in [7, 11) is 0. The summed E-state index contributed by atoms with van der Waals surface area (Å²) >= 11 is 0. The summed E-state index contributed by atoms with van der Waals surface area (Å²) in [5, 5.41) is 10.0. The lowest BCUT2D eigenvalue weighted by atomic mass is 10.0. The lowest BCUT2D eigenvalue weighted by Crippen LogP contribution is -2.11. The maximum atomic E-state index is 10.0. The van der Waals surface area contributed by atoms with Crippen molar-refractivity contribution in [2.75, 3.05) is 0 Å². The number of rotatable bonds is 4. The van der Waals surface area contributed by atoms with Gasteiger partial charge in [-0.3, -0.25) is 0 Å². The van der Waals surface area contributed by atoms with E-state index in [0.717, 1.165) is 12.3 Å². The van der Waals surface area contributed by atoms with Gasteiger partial charge in [-0.05, 0) is 36.2 Å². The Morgan fingerprint density at radius 1 is 1.20 bits per heavy atom. The molecule has 0 amide bonds. The van der Waals surface area contributed by atoms with Crippen molar-refractivity contribution < 1.29 is 5.11 Å². The highest BCUT2D eigenvalue weighted by Crippen LogP contribution is 2.51. The fourth-order valence-corrected chi connectivity index (χ4v) is 2.59. The molecule has 3 unspecified atom stereocenters.